The molecule has 0 unspecified atom stereocenters. The lowest BCUT2D eigenvalue weighted by Gasteiger charge is -2.17. The van der Waals surface area contributed by atoms with Crippen LogP contribution in [0, 0.1) is 24.6 Å². The van der Waals surface area contributed by atoms with Gasteiger partial charge in [0.2, 0.25) is 0 Å². The molecule has 5 rings (SSSR count). The number of hydrogen-bond acceptors (Lipinski definition) is 7. The molecule has 9 nitrogen and oxygen atoms in total. The Morgan fingerprint density at radius 2 is 1.97 bits per heavy atom. The summed E-state index contributed by atoms with van der Waals surface area (Å²) in [6.07, 6.45) is 4.60. The number of pyridine rings is 1. The molecule has 0 aliphatic rings. The van der Waals surface area contributed by atoms with Gasteiger partial charge in [-0.1, -0.05) is 5.92 Å². The molecule has 1 amide bonds. The Balaban J connectivity index is 1.44. The van der Waals surface area contributed by atoms with E-state index in [1.54, 1.807) is 41.9 Å². The second-order valence-corrected chi connectivity index (χ2v) is 7.89. The van der Waals surface area contributed by atoms with Gasteiger partial charge in [-0.05, 0) is 61.7 Å². The molecule has 36 heavy (non-hydrogen) atoms. The number of carbonyl (C=O) groups excluding carboxylic acids is 1. The first kappa shape index (κ1) is 22.7. The Hall–Kier alpha value is -5.04. The third kappa shape index (κ3) is 4.25. The molecule has 178 valence electrons. The number of halogens is 1. The fourth-order valence-corrected chi connectivity index (χ4v) is 3.72. The van der Waals surface area contributed by atoms with Gasteiger partial charge in [0.15, 0.2) is 11.5 Å². The Morgan fingerprint density at radius 3 is 2.78 bits per heavy atom. The summed E-state index contributed by atoms with van der Waals surface area (Å²) in [5.41, 5.74) is 2.69. The van der Waals surface area contributed by atoms with E-state index in [-0.39, 0.29) is 16.9 Å². The minimum Gasteiger partial charge on any atom is -0.457 e. The zero-order chi connectivity index (χ0) is 25.2. The van der Waals surface area contributed by atoms with Crippen LogP contribution in [0.2, 0.25) is 0 Å². The van der Waals surface area contributed by atoms with Crippen molar-refractivity contribution < 1.29 is 13.9 Å². The van der Waals surface area contributed by atoms with E-state index in [2.05, 4.69) is 37.2 Å². The number of aromatic nitrogens is 5. The normalized spacial score (nSPS) is 10.7. The molecule has 1 N–H and O–H groups in total. The van der Waals surface area contributed by atoms with Gasteiger partial charge in [0.25, 0.3) is 0 Å². The first-order chi connectivity index (χ1) is 17.4. The summed E-state index contributed by atoms with van der Waals surface area (Å²) in [5, 5.41) is 7.40. The summed E-state index contributed by atoms with van der Waals surface area (Å²) in [5.74, 6) is 5.36. The summed E-state index contributed by atoms with van der Waals surface area (Å²) in [6, 6.07) is 12.2. The van der Waals surface area contributed by atoms with Crippen molar-refractivity contribution in [3.05, 3.63) is 72.7 Å². The van der Waals surface area contributed by atoms with Crippen molar-refractivity contribution >= 4 is 39.6 Å². The van der Waals surface area contributed by atoms with Gasteiger partial charge >= 0.3 is 5.91 Å². The molecular formula is C26H20FN7O2. The van der Waals surface area contributed by atoms with E-state index in [4.69, 9.17) is 4.74 Å². The molecule has 2 aromatic carbocycles. The number of anilines is 3. The standard InChI is InChI=1S/C26H20FN7O2/c1-4-5-23(35)33(3)20-8-7-19-24(25(20)27)26(30-14-28-19)32-17-6-9-21(16(2)12-17)36-18-10-11-34-22(13-18)29-15-31-34/h6-15H,1-3H3,(H,28,30,32). The number of aryl methyl sites for hydroxylation is 1. The molecule has 0 atom stereocenters. The van der Waals surface area contributed by atoms with E-state index < -0.39 is 11.7 Å². The minimum absolute atomic E-state index is 0.0812. The Morgan fingerprint density at radius 1 is 1.11 bits per heavy atom. The zero-order valence-electron chi connectivity index (χ0n) is 19.7. The van der Waals surface area contributed by atoms with Crippen LogP contribution in [0.25, 0.3) is 16.6 Å². The molecule has 0 saturated heterocycles. The van der Waals surface area contributed by atoms with Crippen molar-refractivity contribution in [2.24, 2.45) is 0 Å². The van der Waals surface area contributed by atoms with E-state index in [0.29, 0.717) is 28.4 Å². The predicted octanol–water partition coefficient (Wildman–Crippen LogP) is 4.64. The predicted molar refractivity (Wildman–Crippen MR) is 134 cm³/mol. The number of fused-ring (bicyclic) bond motifs is 2. The molecule has 0 radical (unpaired) electrons. The van der Waals surface area contributed by atoms with Crippen LogP contribution in [0.4, 0.5) is 21.6 Å². The molecule has 5 aromatic rings. The van der Waals surface area contributed by atoms with Crippen molar-refractivity contribution in [3.8, 4) is 23.3 Å². The molecule has 0 saturated carbocycles. The quantitative estimate of drug-likeness (QED) is 0.365. The maximum Gasteiger partial charge on any atom is 0.302 e. The maximum atomic E-state index is 15.6. The van der Waals surface area contributed by atoms with Gasteiger partial charge in [0, 0.05) is 25.0 Å². The van der Waals surface area contributed by atoms with Crippen LogP contribution in [-0.2, 0) is 4.79 Å². The number of rotatable bonds is 5. The van der Waals surface area contributed by atoms with E-state index in [1.165, 1.54) is 25.8 Å². The maximum absolute atomic E-state index is 15.6. The van der Waals surface area contributed by atoms with Gasteiger partial charge in [0.1, 0.15) is 30.0 Å². The smallest absolute Gasteiger partial charge is 0.302 e. The zero-order valence-corrected chi connectivity index (χ0v) is 19.7. The second-order valence-electron chi connectivity index (χ2n) is 7.89. The number of nitrogens with zero attached hydrogens (tertiary/aromatic N) is 6. The van der Waals surface area contributed by atoms with Gasteiger partial charge in [-0.25, -0.2) is 23.9 Å². The molecule has 0 spiro atoms. The highest BCUT2D eigenvalue weighted by molar-refractivity contribution is 6.07. The first-order valence-corrected chi connectivity index (χ1v) is 10.9. The van der Waals surface area contributed by atoms with Gasteiger partial charge in [0.05, 0.1) is 16.6 Å². The second kappa shape index (κ2) is 9.31. The summed E-state index contributed by atoms with van der Waals surface area (Å²) in [7, 11) is 1.47. The SMILES string of the molecule is CC#CC(=O)N(C)c1ccc2ncnc(Nc3ccc(Oc4ccn5ncnc5c4)c(C)c3)c2c1F. The summed E-state index contributed by atoms with van der Waals surface area (Å²) < 4.78 is 23.2. The van der Waals surface area contributed by atoms with Crippen LogP contribution in [-0.4, -0.2) is 37.5 Å². The van der Waals surface area contributed by atoms with Crippen molar-refractivity contribution in [1.29, 1.82) is 0 Å². The van der Waals surface area contributed by atoms with E-state index in [9.17, 15) is 4.79 Å². The third-order valence-corrected chi connectivity index (χ3v) is 5.54. The molecule has 10 heteroatoms. The fourth-order valence-electron chi connectivity index (χ4n) is 3.72. The number of carbonyl (C=O) groups is 1. The minimum atomic E-state index is -0.620. The lowest BCUT2D eigenvalue weighted by atomic mass is 10.1. The molecular weight excluding hydrogens is 461 g/mol. The number of amides is 1. The lowest BCUT2D eigenvalue weighted by Crippen LogP contribution is -2.25. The van der Waals surface area contributed by atoms with Gasteiger partial charge in [-0.15, -0.1) is 0 Å². The van der Waals surface area contributed by atoms with Crippen LogP contribution in [0.5, 0.6) is 11.5 Å². The molecule has 0 aliphatic heterocycles. The first-order valence-electron chi connectivity index (χ1n) is 10.9. The molecule has 3 heterocycles. The number of nitrogens with one attached hydrogen (secondary N) is 1. The van der Waals surface area contributed by atoms with Crippen molar-refractivity contribution in [2.75, 3.05) is 17.3 Å². The number of benzene rings is 2. The van der Waals surface area contributed by atoms with Crippen LogP contribution in [0.1, 0.15) is 12.5 Å². The average molecular weight is 481 g/mol. The fraction of sp³-hybridized carbons (Fsp3) is 0.115. The molecule has 0 bridgehead atoms. The topological polar surface area (TPSA) is 97.5 Å². The van der Waals surface area contributed by atoms with Gasteiger partial charge in [-0.2, -0.15) is 5.10 Å². The van der Waals surface area contributed by atoms with Gasteiger partial charge in [-0.3, -0.25) is 4.79 Å². The van der Waals surface area contributed by atoms with Gasteiger partial charge < -0.3 is 15.0 Å². The Bertz CT molecular complexity index is 1690. The van der Waals surface area contributed by atoms with E-state index >= 15 is 4.39 Å². The highest BCUT2D eigenvalue weighted by atomic mass is 19.1. The van der Waals surface area contributed by atoms with Crippen LogP contribution in [0.15, 0.2) is 61.3 Å². The van der Waals surface area contributed by atoms with Crippen molar-refractivity contribution in [1.82, 2.24) is 24.6 Å². The number of ether oxygens (including phenoxy) is 1. The van der Waals surface area contributed by atoms with Crippen molar-refractivity contribution in [2.45, 2.75) is 13.8 Å². The van der Waals surface area contributed by atoms with Crippen molar-refractivity contribution in [3.63, 3.8) is 0 Å². The van der Waals surface area contributed by atoms with Crippen LogP contribution >= 0.6 is 0 Å². The largest absolute Gasteiger partial charge is 0.457 e. The Labute approximate surface area is 205 Å². The van der Waals surface area contributed by atoms with Crippen LogP contribution < -0.4 is 15.0 Å². The highest BCUT2D eigenvalue weighted by Crippen LogP contribution is 2.33. The van der Waals surface area contributed by atoms with E-state index in [1.807, 2.05) is 19.1 Å². The Kier molecular flexibility index (Phi) is 5.88. The molecule has 0 fully saturated rings. The summed E-state index contributed by atoms with van der Waals surface area (Å²) in [6.45, 7) is 3.45. The number of hydrogen-bond donors (Lipinski definition) is 1. The monoisotopic (exact) mass is 481 g/mol. The third-order valence-electron chi connectivity index (χ3n) is 5.54. The lowest BCUT2D eigenvalue weighted by molar-refractivity contribution is -0.113. The summed E-state index contributed by atoms with van der Waals surface area (Å²) in [4.78, 5) is 25.9. The molecule has 3 aromatic heterocycles. The van der Waals surface area contributed by atoms with E-state index in [0.717, 1.165) is 10.5 Å². The average Bonchev–Trinajstić information content (AvgIpc) is 3.34. The summed E-state index contributed by atoms with van der Waals surface area (Å²) >= 11 is 0. The van der Waals surface area contributed by atoms with Crippen LogP contribution in [0.3, 0.4) is 0 Å². The highest BCUT2D eigenvalue weighted by Gasteiger charge is 2.19. The molecule has 0 aliphatic carbocycles.